The van der Waals surface area contributed by atoms with E-state index in [1.54, 1.807) is 18.2 Å². The molecule has 7 heteroatoms. The van der Waals surface area contributed by atoms with Crippen molar-refractivity contribution in [2.75, 3.05) is 0 Å². The van der Waals surface area contributed by atoms with Gasteiger partial charge in [0.05, 0.1) is 11.9 Å². The Morgan fingerprint density at radius 3 is 2.62 bits per heavy atom. The van der Waals surface area contributed by atoms with Crippen LogP contribution in [0, 0.1) is 0 Å². The summed E-state index contributed by atoms with van der Waals surface area (Å²) in [6, 6.07) is 9.08. The summed E-state index contributed by atoms with van der Waals surface area (Å²) >= 11 is 0. The van der Waals surface area contributed by atoms with Gasteiger partial charge in [-0.2, -0.15) is 0 Å². The van der Waals surface area contributed by atoms with Crippen molar-refractivity contribution in [1.82, 2.24) is 10.3 Å². The molecule has 21 heavy (non-hydrogen) atoms. The number of fused-ring (bicyclic) bond motifs is 1. The smallest absolute Gasteiger partial charge is 0.321 e. The lowest BCUT2D eigenvalue weighted by Crippen LogP contribution is -2.39. The molecular weight excluding hydrogens is 274 g/mol. The van der Waals surface area contributed by atoms with Crippen molar-refractivity contribution in [3.63, 3.8) is 0 Å². The zero-order valence-corrected chi connectivity index (χ0v) is 10.9. The van der Waals surface area contributed by atoms with Crippen molar-refractivity contribution >= 4 is 28.7 Å². The van der Waals surface area contributed by atoms with Gasteiger partial charge >= 0.3 is 5.97 Å². The number of benzene rings is 1. The molecule has 0 radical (unpaired) electrons. The molecule has 0 aliphatic heterocycles. The average Bonchev–Trinajstić information content (AvgIpc) is 2.46. The molecule has 0 saturated heterocycles. The summed E-state index contributed by atoms with van der Waals surface area (Å²) in [5, 5.41) is 11.5. The van der Waals surface area contributed by atoms with Crippen molar-refractivity contribution in [3.8, 4) is 0 Å². The standard InChI is InChI=1S/C14H13N3O4/c15-9(14(20)21)7-12(18)17-13(19)11-6-5-8-3-1-2-4-10(8)16-11/h1-6,9H,7,15H2,(H,20,21)(H,17,18,19)/t9-/m0/s1. The molecule has 7 nitrogen and oxygen atoms in total. The molecule has 2 rings (SSSR count). The summed E-state index contributed by atoms with van der Waals surface area (Å²) in [4.78, 5) is 38.0. The number of imide groups is 1. The van der Waals surface area contributed by atoms with Crippen molar-refractivity contribution in [3.05, 3.63) is 42.1 Å². The zero-order valence-electron chi connectivity index (χ0n) is 10.9. The predicted molar refractivity (Wildman–Crippen MR) is 74.4 cm³/mol. The predicted octanol–water partition coefficient (Wildman–Crippen LogP) is 0.293. The summed E-state index contributed by atoms with van der Waals surface area (Å²) in [5.74, 6) is -2.75. The van der Waals surface area contributed by atoms with Gasteiger partial charge in [-0.15, -0.1) is 0 Å². The minimum atomic E-state index is -1.35. The van der Waals surface area contributed by atoms with Gasteiger partial charge in [-0.05, 0) is 12.1 Å². The van der Waals surface area contributed by atoms with Gasteiger partial charge in [0.25, 0.3) is 5.91 Å². The van der Waals surface area contributed by atoms with Crippen LogP contribution in [-0.2, 0) is 9.59 Å². The maximum absolute atomic E-state index is 11.9. The molecule has 0 unspecified atom stereocenters. The maximum Gasteiger partial charge on any atom is 0.321 e. The third-order valence-electron chi connectivity index (χ3n) is 2.81. The molecule has 2 aromatic rings. The van der Waals surface area contributed by atoms with Crippen LogP contribution in [0.4, 0.5) is 0 Å². The second-order valence-electron chi connectivity index (χ2n) is 4.42. The van der Waals surface area contributed by atoms with Crippen LogP contribution < -0.4 is 11.1 Å². The van der Waals surface area contributed by atoms with E-state index in [1.165, 1.54) is 6.07 Å². The summed E-state index contributed by atoms with van der Waals surface area (Å²) in [6.45, 7) is 0. The number of nitrogens with zero attached hydrogens (tertiary/aromatic N) is 1. The fraction of sp³-hybridized carbons (Fsp3) is 0.143. The summed E-state index contributed by atoms with van der Waals surface area (Å²) in [5.41, 5.74) is 5.92. The Bertz CT molecular complexity index is 714. The molecule has 1 heterocycles. The molecule has 2 amide bonds. The Labute approximate surface area is 119 Å². The normalized spacial score (nSPS) is 11.9. The first-order chi connectivity index (χ1) is 9.97. The van der Waals surface area contributed by atoms with Gasteiger partial charge in [-0.1, -0.05) is 24.3 Å². The van der Waals surface area contributed by atoms with Crippen LogP contribution in [0.5, 0.6) is 0 Å². The molecule has 0 spiro atoms. The van der Waals surface area contributed by atoms with E-state index in [9.17, 15) is 14.4 Å². The number of nitrogens with one attached hydrogen (secondary N) is 1. The molecule has 0 bridgehead atoms. The first-order valence-electron chi connectivity index (χ1n) is 6.16. The Hall–Kier alpha value is -2.80. The van der Waals surface area contributed by atoms with Crippen LogP contribution in [0.2, 0.25) is 0 Å². The number of carbonyl (C=O) groups is 3. The third-order valence-corrected chi connectivity index (χ3v) is 2.81. The van der Waals surface area contributed by atoms with Crippen molar-refractivity contribution in [2.45, 2.75) is 12.5 Å². The summed E-state index contributed by atoms with van der Waals surface area (Å²) in [6.07, 6.45) is -0.478. The number of pyridine rings is 1. The Morgan fingerprint density at radius 1 is 1.19 bits per heavy atom. The Kier molecular flexibility index (Phi) is 4.24. The van der Waals surface area contributed by atoms with Crippen LogP contribution in [0.15, 0.2) is 36.4 Å². The number of carbonyl (C=O) groups excluding carboxylic acids is 2. The number of carboxylic acid groups (broad SMARTS) is 1. The van der Waals surface area contributed by atoms with Crippen molar-refractivity contribution < 1.29 is 19.5 Å². The number of aliphatic carboxylic acids is 1. The number of hydrogen-bond acceptors (Lipinski definition) is 5. The monoisotopic (exact) mass is 287 g/mol. The maximum atomic E-state index is 11.9. The molecule has 1 aromatic carbocycles. The average molecular weight is 287 g/mol. The molecule has 1 aromatic heterocycles. The van der Waals surface area contributed by atoms with Gasteiger partial charge < -0.3 is 10.8 Å². The van der Waals surface area contributed by atoms with E-state index in [4.69, 9.17) is 10.8 Å². The van der Waals surface area contributed by atoms with Crippen LogP contribution in [0.25, 0.3) is 10.9 Å². The highest BCUT2D eigenvalue weighted by Gasteiger charge is 2.19. The highest BCUT2D eigenvalue weighted by atomic mass is 16.4. The largest absolute Gasteiger partial charge is 0.480 e. The molecule has 0 fully saturated rings. The minimum Gasteiger partial charge on any atom is -0.480 e. The fourth-order valence-corrected chi connectivity index (χ4v) is 1.72. The molecule has 108 valence electrons. The Morgan fingerprint density at radius 2 is 1.90 bits per heavy atom. The topological polar surface area (TPSA) is 122 Å². The number of hydrogen-bond donors (Lipinski definition) is 3. The van der Waals surface area contributed by atoms with E-state index in [2.05, 4.69) is 10.3 Å². The number of nitrogens with two attached hydrogens (primary N) is 1. The fourth-order valence-electron chi connectivity index (χ4n) is 1.72. The lowest BCUT2D eigenvalue weighted by molar-refractivity contribution is -0.140. The molecule has 0 saturated carbocycles. The molecule has 0 aliphatic rings. The van der Waals surface area contributed by atoms with E-state index < -0.39 is 30.2 Å². The molecular formula is C14H13N3O4. The number of amides is 2. The van der Waals surface area contributed by atoms with Crippen molar-refractivity contribution in [1.29, 1.82) is 0 Å². The van der Waals surface area contributed by atoms with E-state index in [1.807, 2.05) is 12.1 Å². The minimum absolute atomic E-state index is 0.0750. The van der Waals surface area contributed by atoms with Gasteiger partial charge in [0.1, 0.15) is 11.7 Å². The van der Waals surface area contributed by atoms with E-state index in [-0.39, 0.29) is 5.69 Å². The summed E-state index contributed by atoms with van der Waals surface area (Å²) in [7, 11) is 0. The lowest BCUT2D eigenvalue weighted by Gasteiger charge is -2.07. The highest BCUT2D eigenvalue weighted by Crippen LogP contribution is 2.11. The van der Waals surface area contributed by atoms with Gasteiger partial charge in [0.2, 0.25) is 5.91 Å². The molecule has 4 N–H and O–H groups in total. The highest BCUT2D eigenvalue weighted by molar-refractivity contribution is 6.05. The van der Waals surface area contributed by atoms with Crippen LogP contribution in [0.1, 0.15) is 16.9 Å². The van der Waals surface area contributed by atoms with Gasteiger partial charge in [-0.3, -0.25) is 19.7 Å². The van der Waals surface area contributed by atoms with E-state index >= 15 is 0 Å². The second kappa shape index (κ2) is 6.10. The quantitative estimate of drug-likeness (QED) is 0.743. The number of para-hydroxylation sites is 1. The molecule has 1 atom stereocenters. The Balaban J connectivity index is 2.08. The number of aromatic nitrogens is 1. The van der Waals surface area contributed by atoms with Crippen LogP contribution >= 0.6 is 0 Å². The lowest BCUT2D eigenvalue weighted by atomic mass is 10.2. The summed E-state index contributed by atoms with van der Waals surface area (Å²) < 4.78 is 0. The van der Waals surface area contributed by atoms with Gasteiger partial charge in [0, 0.05) is 5.39 Å². The zero-order chi connectivity index (χ0) is 15.4. The second-order valence-corrected chi connectivity index (χ2v) is 4.42. The van der Waals surface area contributed by atoms with Crippen molar-refractivity contribution in [2.24, 2.45) is 5.73 Å². The van der Waals surface area contributed by atoms with E-state index in [0.717, 1.165) is 5.39 Å². The van der Waals surface area contributed by atoms with Gasteiger partial charge in [-0.25, -0.2) is 4.98 Å². The SMILES string of the molecule is N[C@@H](CC(=O)NC(=O)c1ccc2ccccc2n1)C(=O)O. The third kappa shape index (κ3) is 3.61. The van der Waals surface area contributed by atoms with Gasteiger partial charge in [0.15, 0.2) is 0 Å². The van der Waals surface area contributed by atoms with Crippen LogP contribution in [0.3, 0.4) is 0 Å². The molecule has 0 aliphatic carbocycles. The number of carboxylic acids is 1. The number of rotatable bonds is 4. The first kappa shape index (κ1) is 14.6. The van der Waals surface area contributed by atoms with Crippen LogP contribution in [-0.4, -0.2) is 33.9 Å². The first-order valence-corrected chi connectivity index (χ1v) is 6.16. The van der Waals surface area contributed by atoms with E-state index in [0.29, 0.717) is 5.52 Å².